The van der Waals surface area contributed by atoms with Gasteiger partial charge in [-0.3, -0.25) is 14.2 Å². The summed E-state index contributed by atoms with van der Waals surface area (Å²) in [6, 6.07) is 5.88. The molecule has 0 saturated carbocycles. The van der Waals surface area contributed by atoms with Crippen LogP contribution in [0.15, 0.2) is 41.6 Å². The molecule has 1 atom stereocenters. The van der Waals surface area contributed by atoms with Crippen LogP contribution in [0, 0.1) is 5.41 Å². The number of methoxy groups -OCH3 is 1. The number of fused-ring (bicyclic) bond motifs is 2. The molecule has 0 amide bonds. The fourth-order valence-corrected chi connectivity index (χ4v) is 4.41. The number of hydrogen-bond acceptors (Lipinski definition) is 9. The van der Waals surface area contributed by atoms with Crippen molar-refractivity contribution in [1.29, 1.82) is 0 Å². The molecule has 1 aromatic carbocycles. The first kappa shape index (κ1) is 21.9. The average Bonchev–Trinajstić information content (AvgIpc) is 3.31. The number of carbonyl (C=O) groups is 1. The van der Waals surface area contributed by atoms with Crippen molar-refractivity contribution in [2.24, 2.45) is 5.41 Å². The summed E-state index contributed by atoms with van der Waals surface area (Å²) >= 11 is 0. The van der Waals surface area contributed by atoms with Crippen molar-refractivity contribution in [3.8, 4) is 28.6 Å². The van der Waals surface area contributed by atoms with Crippen LogP contribution in [-0.4, -0.2) is 51.8 Å². The molecule has 5 rings (SSSR count). The van der Waals surface area contributed by atoms with Crippen LogP contribution in [0.3, 0.4) is 0 Å². The Morgan fingerprint density at radius 2 is 2.00 bits per heavy atom. The second-order valence-electron chi connectivity index (χ2n) is 9.21. The maximum Gasteiger partial charge on any atom is 0.255 e. The summed E-state index contributed by atoms with van der Waals surface area (Å²) in [5.74, 6) is 1.68. The molecule has 0 bridgehead atoms. The summed E-state index contributed by atoms with van der Waals surface area (Å²) in [7, 11) is 1.52. The number of ketones is 1. The highest BCUT2D eigenvalue weighted by Crippen LogP contribution is 2.42. The van der Waals surface area contributed by atoms with Crippen molar-refractivity contribution in [2.75, 3.05) is 25.3 Å². The Labute approximate surface area is 196 Å². The number of nitrogens with zero attached hydrogens (tertiary/aromatic N) is 5. The van der Waals surface area contributed by atoms with Gasteiger partial charge in [-0.05, 0) is 25.1 Å². The zero-order valence-corrected chi connectivity index (χ0v) is 19.4. The summed E-state index contributed by atoms with van der Waals surface area (Å²) in [5.41, 5.74) is 0.960. The fourth-order valence-electron chi connectivity index (χ4n) is 4.41. The highest BCUT2D eigenvalue weighted by Gasteiger charge is 2.37. The number of Topliss-reactive ketones (excluding diaryl/α,β-unsaturated/α-hetero) is 1. The zero-order valence-electron chi connectivity index (χ0n) is 19.4. The molecule has 2 aliphatic rings. The smallest absolute Gasteiger partial charge is 0.255 e. The van der Waals surface area contributed by atoms with E-state index in [4.69, 9.17) is 19.2 Å². The first-order chi connectivity index (χ1) is 16.3. The number of anilines is 1. The highest BCUT2D eigenvalue weighted by atomic mass is 16.7. The number of rotatable bonds is 5. The summed E-state index contributed by atoms with van der Waals surface area (Å²) < 4.78 is 18.0. The second-order valence-corrected chi connectivity index (χ2v) is 9.21. The van der Waals surface area contributed by atoms with E-state index in [0.717, 1.165) is 0 Å². The van der Waals surface area contributed by atoms with E-state index >= 15 is 0 Å². The minimum absolute atomic E-state index is 0.0746. The average molecular weight is 463 g/mol. The van der Waals surface area contributed by atoms with Gasteiger partial charge in [0.15, 0.2) is 17.3 Å². The van der Waals surface area contributed by atoms with E-state index in [1.807, 2.05) is 11.8 Å². The zero-order chi connectivity index (χ0) is 24.0. The van der Waals surface area contributed by atoms with E-state index < -0.39 is 6.04 Å². The van der Waals surface area contributed by atoms with Crippen molar-refractivity contribution in [1.82, 2.24) is 19.5 Å². The third kappa shape index (κ3) is 3.74. The Hall–Kier alpha value is -3.95. The van der Waals surface area contributed by atoms with E-state index in [1.165, 1.54) is 19.5 Å². The van der Waals surface area contributed by atoms with E-state index in [0.29, 0.717) is 53.2 Å². The molecule has 4 heterocycles. The van der Waals surface area contributed by atoms with Gasteiger partial charge < -0.3 is 19.1 Å². The first-order valence-corrected chi connectivity index (χ1v) is 10.9. The van der Waals surface area contributed by atoms with E-state index in [1.54, 1.807) is 29.0 Å². The molecular weight excluding hydrogens is 438 g/mol. The minimum Gasteiger partial charge on any atom is -0.493 e. The van der Waals surface area contributed by atoms with Crippen LogP contribution < -0.4 is 24.7 Å². The number of aromatic nitrogens is 4. The lowest BCUT2D eigenvalue weighted by molar-refractivity contribution is 0.0954. The van der Waals surface area contributed by atoms with Crippen molar-refractivity contribution in [3.63, 3.8) is 0 Å². The van der Waals surface area contributed by atoms with Crippen molar-refractivity contribution >= 4 is 11.7 Å². The third-order valence-corrected chi connectivity index (χ3v) is 6.06. The number of ether oxygens (including phenoxy) is 3. The molecule has 3 aromatic rings. The van der Waals surface area contributed by atoms with Gasteiger partial charge in [0.1, 0.15) is 6.33 Å². The molecule has 0 spiro atoms. The molecule has 34 heavy (non-hydrogen) atoms. The van der Waals surface area contributed by atoms with Crippen LogP contribution in [0.5, 0.6) is 17.2 Å². The van der Waals surface area contributed by atoms with Gasteiger partial charge in [0.05, 0.1) is 24.5 Å². The molecule has 0 fully saturated rings. The van der Waals surface area contributed by atoms with Crippen LogP contribution in [0.4, 0.5) is 5.95 Å². The first-order valence-electron chi connectivity index (χ1n) is 10.9. The third-order valence-electron chi connectivity index (χ3n) is 6.06. The Morgan fingerprint density at radius 3 is 2.74 bits per heavy atom. The Kier molecular flexibility index (Phi) is 5.22. The van der Waals surface area contributed by atoms with Crippen LogP contribution in [0.25, 0.3) is 11.4 Å². The molecule has 176 valence electrons. The van der Waals surface area contributed by atoms with E-state index in [2.05, 4.69) is 23.8 Å². The Balaban J connectivity index is 1.57. The van der Waals surface area contributed by atoms with Gasteiger partial charge in [0, 0.05) is 36.3 Å². The van der Waals surface area contributed by atoms with Gasteiger partial charge in [-0.2, -0.15) is 0 Å². The van der Waals surface area contributed by atoms with Crippen LogP contribution in [0.2, 0.25) is 0 Å². The largest absolute Gasteiger partial charge is 0.493 e. The Morgan fingerprint density at radius 1 is 1.18 bits per heavy atom. The molecule has 2 aliphatic heterocycles. The molecule has 0 aliphatic carbocycles. The molecule has 10 heteroatoms. The lowest BCUT2D eigenvalue weighted by Crippen LogP contribution is -2.52. The fraction of sp³-hybridized carbons (Fsp3) is 0.375. The molecule has 1 unspecified atom stereocenters. The Bertz CT molecular complexity index is 1320. The topological polar surface area (TPSA) is 109 Å². The van der Waals surface area contributed by atoms with Gasteiger partial charge in [-0.15, -0.1) is 0 Å². The quantitative estimate of drug-likeness (QED) is 0.527. The molecule has 0 radical (unpaired) electrons. The predicted molar refractivity (Wildman–Crippen MR) is 124 cm³/mol. The summed E-state index contributed by atoms with van der Waals surface area (Å²) in [6.07, 6.45) is 3.01. The van der Waals surface area contributed by atoms with Gasteiger partial charge in [0.25, 0.3) is 5.56 Å². The molecule has 10 nitrogen and oxygen atoms in total. The predicted octanol–water partition coefficient (Wildman–Crippen LogP) is 2.56. The number of benzene rings is 1. The summed E-state index contributed by atoms with van der Waals surface area (Å²) in [6.45, 7) is 7.05. The second kappa shape index (κ2) is 8.12. The highest BCUT2D eigenvalue weighted by molar-refractivity contribution is 6.02. The van der Waals surface area contributed by atoms with Crippen LogP contribution >= 0.6 is 0 Å². The van der Waals surface area contributed by atoms with Crippen LogP contribution in [-0.2, 0) is 6.54 Å². The summed E-state index contributed by atoms with van der Waals surface area (Å²) in [5, 5.41) is 0. The SMILES string of the molecule is COc1cc(C(=O)C(C)N2CC(C)(C)Cn3c2nc(-c2ccncn2)cc3=O)cc2c1OCO2. The lowest BCUT2D eigenvalue weighted by Gasteiger charge is -2.42. The van der Waals surface area contributed by atoms with Gasteiger partial charge in [0.2, 0.25) is 18.5 Å². The van der Waals surface area contributed by atoms with Gasteiger partial charge >= 0.3 is 0 Å². The van der Waals surface area contributed by atoms with Crippen molar-refractivity contribution < 1.29 is 19.0 Å². The number of carbonyl (C=O) groups excluding carboxylic acids is 1. The van der Waals surface area contributed by atoms with Gasteiger partial charge in [-0.25, -0.2) is 15.0 Å². The summed E-state index contributed by atoms with van der Waals surface area (Å²) in [4.78, 5) is 41.5. The number of hydrogen-bond donors (Lipinski definition) is 0. The molecular formula is C24H25N5O5. The molecule has 0 saturated heterocycles. The maximum absolute atomic E-state index is 13.6. The molecule has 0 N–H and O–H groups in total. The molecule has 2 aromatic heterocycles. The lowest BCUT2D eigenvalue weighted by atomic mass is 9.89. The normalized spacial score (nSPS) is 16.6. The van der Waals surface area contributed by atoms with Crippen molar-refractivity contribution in [3.05, 3.63) is 52.7 Å². The maximum atomic E-state index is 13.6. The van der Waals surface area contributed by atoms with Crippen LogP contribution in [0.1, 0.15) is 31.1 Å². The van der Waals surface area contributed by atoms with E-state index in [9.17, 15) is 9.59 Å². The van der Waals surface area contributed by atoms with E-state index in [-0.39, 0.29) is 23.6 Å². The minimum atomic E-state index is -0.608. The standard InChI is InChI=1S/C24H25N5O5/c1-14(21(31)15-7-18(32-4)22-19(8-15)33-13-34-22)28-10-24(2,3)11-29-20(30)9-17(27-23(28)29)16-5-6-25-12-26-16/h5-9,12,14H,10-11,13H2,1-4H3. The monoisotopic (exact) mass is 463 g/mol. The van der Waals surface area contributed by atoms with Crippen molar-refractivity contribution in [2.45, 2.75) is 33.4 Å². The van der Waals surface area contributed by atoms with Gasteiger partial charge in [-0.1, -0.05) is 13.8 Å².